The van der Waals surface area contributed by atoms with Gasteiger partial charge in [0.25, 0.3) is 0 Å². The van der Waals surface area contributed by atoms with Crippen LogP contribution in [-0.2, 0) is 6.42 Å². The first kappa shape index (κ1) is 19.6. The van der Waals surface area contributed by atoms with Crippen molar-refractivity contribution in [2.45, 2.75) is 19.3 Å². The van der Waals surface area contributed by atoms with Gasteiger partial charge in [-0.1, -0.05) is 48.5 Å². The molecule has 30 heavy (non-hydrogen) atoms. The summed E-state index contributed by atoms with van der Waals surface area (Å²) in [5.41, 5.74) is 7.70. The third kappa shape index (κ3) is 4.48. The molecule has 4 rings (SSSR count). The molecule has 0 aliphatic carbocycles. The highest BCUT2D eigenvalue weighted by Crippen LogP contribution is 2.33. The summed E-state index contributed by atoms with van der Waals surface area (Å²) in [5.74, 6) is 1.01. The number of rotatable bonds is 6. The lowest BCUT2D eigenvalue weighted by Crippen LogP contribution is -2.35. The Labute approximate surface area is 174 Å². The fraction of sp³-hybridized carbons (Fsp3) is 0.273. The van der Waals surface area contributed by atoms with Crippen molar-refractivity contribution in [1.29, 1.82) is 0 Å². The molecule has 1 fully saturated rings. The van der Waals surface area contributed by atoms with Gasteiger partial charge in [0.2, 0.25) is 17.6 Å². The van der Waals surface area contributed by atoms with Crippen LogP contribution in [0.3, 0.4) is 0 Å². The van der Waals surface area contributed by atoms with Gasteiger partial charge in [-0.3, -0.25) is 10.1 Å². The minimum Gasteiger partial charge on any atom is -0.378 e. The summed E-state index contributed by atoms with van der Waals surface area (Å²) in [6.07, 6.45) is 3.08. The highest BCUT2D eigenvalue weighted by Gasteiger charge is 2.27. The Morgan fingerprint density at radius 3 is 2.30 bits per heavy atom. The monoisotopic (exact) mass is 404 g/mol. The average molecular weight is 404 g/mol. The van der Waals surface area contributed by atoms with Crippen molar-refractivity contribution in [3.8, 4) is 0 Å². The van der Waals surface area contributed by atoms with Crippen molar-refractivity contribution in [2.24, 2.45) is 5.92 Å². The summed E-state index contributed by atoms with van der Waals surface area (Å²) in [4.78, 5) is 21.7. The average Bonchev–Trinajstić information content (AvgIpc) is 2.75. The molecule has 0 atom stereocenters. The van der Waals surface area contributed by atoms with Gasteiger partial charge in [0, 0.05) is 18.8 Å². The molecule has 1 saturated heterocycles. The minimum atomic E-state index is -0.545. The number of nitrogen functional groups attached to an aromatic ring is 1. The van der Waals surface area contributed by atoms with E-state index in [-0.39, 0.29) is 17.3 Å². The quantitative estimate of drug-likeness (QED) is 0.468. The lowest BCUT2D eigenvalue weighted by Gasteiger charge is -2.32. The molecule has 0 radical (unpaired) electrons. The first-order valence-electron chi connectivity index (χ1n) is 10.0. The first-order chi connectivity index (χ1) is 14.6. The molecule has 1 aliphatic heterocycles. The fourth-order valence-electron chi connectivity index (χ4n) is 3.81. The maximum absolute atomic E-state index is 11.5. The molecule has 0 saturated carbocycles. The van der Waals surface area contributed by atoms with Crippen molar-refractivity contribution in [2.75, 3.05) is 29.0 Å². The van der Waals surface area contributed by atoms with E-state index in [1.54, 1.807) is 0 Å². The maximum atomic E-state index is 11.5. The lowest BCUT2D eigenvalue weighted by atomic mass is 9.90. The number of benzene rings is 2. The molecule has 154 valence electrons. The molecule has 0 unspecified atom stereocenters. The van der Waals surface area contributed by atoms with E-state index in [1.165, 1.54) is 5.56 Å². The Bertz CT molecular complexity index is 1000. The Balaban J connectivity index is 1.51. The Kier molecular flexibility index (Phi) is 5.74. The topological polar surface area (TPSA) is 110 Å². The van der Waals surface area contributed by atoms with Crippen LogP contribution in [0.2, 0.25) is 0 Å². The lowest BCUT2D eigenvalue weighted by molar-refractivity contribution is -0.383. The van der Waals surface area contributed by atoms with Gasteiger partial charge in [0.1, 0.15) is 0 Å². The van der Waals surface area contributed by atoms with E-state index < -0.39 is 4.92 Å². The standard InChI is InChI=1S/C22H24N6O2/c23-20-19(28(29)30)21(24-18-9-5-2-6-10-18)26-22(25-20)27-13-11-17(12-14-27)15-16-7-3-1-4-8-16/h1-10,17H,11-15H2,(H3,23,24,25,26). The molecule has 0 bridgehead atoms. The van der Waals surface area contributed by atoms with Crippen LogP contribution in [0.5, 0.6) is 0 Å². The molecule has 3 aromatic rings. The first-order valence-corrected chi connectivity index (χ1v) is 10.0. The van der Waals surface area contributed by atoms with Gasteiger partial charge in [-0.25, -0.2) is 0 Å². The number of anilines is 4. The van der Waals surface area contributed by atoms with E-state index in [0.717, 1.165) is 32.4 Å². The van der Waals surface area contributed by atoms with E-state index in [1.807, 2.05) is 36.4 Å². The van der Waals surface area contributed by atoms with E-state index >= 15 is 0 Å². The number of para-hydroxylation sites is 1. The number of nitrogens with two attached hydrogens (primary N) is 1. The number of nitro groups is 1. The third-order valence-electron chi connectivity index (χ3n) is 5.38. The van der Waals surface area contributed by atoms with Crippen molar-refractivity contribution < 1.29 is 4.92 Å². The van der Waals surface area contributed by atoms with E-state index in [4.69, 9.17) is 5.73 Å². The summed E-state index contributed by atoms with van der Waals surface area (Å²) >= 11 is 0. The molecule has 8 nitrogen and oxygen atoms in total. The summed E-state index contributed by atoms with van der Waals surface area (Å²) in [5, 5.41) is 14.5. The number of hydrogen-bond donors (Lipinski definition) is 2. The van der Waals surface area contributed by atoms with Crippen LogP contribution in [0.1, 0.15) is 18.4 Å². The van der Waals surface area contributed by atoms with E-state index in [9.17, 15) is 10.1 Å². The minimum absolute atomic E-state index is 0.111. The van der Waals surface area contributed by atoms with Crippen LogP contribution >= 0.6 is 0 Å². The van der Waals surface area contributed by atoms with Gasteiger partial charge in [0.15, 0.2) is 0 Å². The summed E-state index contributed by atoms with van der Waals surface area (Å²) in [7, 11) is 0. The second kappa shape index (κ2) is 8.77. The number of aromatic nitrogens is 2. The van der Waals surface area contributed by atoms with Gasteiger partial charge in [-0.2, -0.15) is 9.97 Å². The van der Waals surface area contributed by atoms with Gasteiger partial charge in [-0.15, -0.1) is 0 Å². The summed E-state index contributed by atoms with van der Waals surface area (Å²) < 4.78 is 0. The largest absolute Gasteiger partial charge is 0.378 e. The zero-order chi connectivity index (χ0) is 20.9. The Morgan fingerprint density at radius 2 is 1.67 bits per heavy atom. The molecule has 3 N–H and O–H groups in total. The molecule has 1 aromatic heterocycles. The van der Waals surface area contributed by atoms with Crippen molar-refractivity contribution in [1.82, 2.24) is 9.97 Å². The van der Waals surface area contributed by atoms with Crippen molar-refractivity contribution in [3.05, 3.63) is 76.3 Å². The summed E-state index contributed by atoms with van der Waals surface area (Å²) in [6, 6.07) is 19.7. The van der Waals surface area contributed by atoms with Gasteiger partial charge >= 0.3 is 5.69 Å². The van der Waals surface area contributed by atoms with Gasteiger partial charge in [0.05, 0.1) is 4.92 Å². The van der Waals surface area contributed by atoms with E-state index in [0.29, 0.717) is 17.6 Å². The van der Waals surface area contributed by atoms with Crippen LogP contribution < -0.4 is 16.0 Å². The SMILES string of the molecule is Nc1nc(N2CCC(Cc3ccccc3)CC2)nc(Nc2ccccc2)c1[N+](=O)[O-]. The fourth-order valence-corrected chi connectivity index (χ4v) is 3.81. The second-order valence-corrected chi connectivity index (χ2v) is 7.47. The van der Waals surface area contributed by atoms with E-state index in [2.05, 4.69) is 44.5 Å². The summed E-state index contributed by atoms with van der Waals surface area (Å²) in [6.45, 7) is 1.58. The molecule has 0 spiro atoms. The number of nitrogens with one attached hydrogen (secondary N) is 1. The zero-order valence-corrected chi connectivity index (χ0v) is 16.6. The zero-order valence-electron chi connectivity index (χ0n) is 16.6. The molecule has 0 amide bonds. The number of nitrogens with zero attached hydrogens (tertiary/aromatic N) is 4. The third-order valence-corrected chi connectivity index (χ3v) is 5.38. The predicted molar refractivity (Wildman–Crippen MR) is 118 cm³/mol. The smallest absolute Gasteiger partial charge is 0.353 e. The normalized spacial score (nSPS) is 14.5. The molecule has 2 aromatic carbocycles. The number of piperidine rings is 1. The van der Waals surface area contributed by atoms with Gasteiger partial charge in [-0.05, 0) is 42.9 Å². The van der Waals surface area contributed by atoms with Crippen LogP contribution in [0.4, 0.5) is 29.0 Å². The molecule has 2 heterocycles. The van der Waals surface area contributed by atoms with Crippen molar-refractivity contribution in [3.63, 3.8) is 0 Å². The Hall–Kier alpha value is -3.68. The predicted octanol–water partition coefficient (Wildman–Crippen LogP) is 4.17. The van der Waals surface area contributed by atoms with Crippen LogP contribution in [0, 0.1) is 16.0 Å². The molecule has 8 heteroatoms. The van der Waals surface area contributed by atoms with Gasteiger partial charge < -0.3 is 16.0 Å². The highest BCUT2D eigenvalue weighted by atomic mass is 16.6. The number of hydrogen-bond acceptors (Lipinski definition) is 7. The maximum Gasteiger partial charge on any atom is 0.353 e. The molecular weight excluding hydrogens is 380 g/mol. The molecular formula is C22H24N6O2. The molecule has 1 aliphatic rings. The van der Waals surface area contributed by atoms with Crippen LogP contribution in [0.15, 0.2) is 60.7 Å². The Morgan fingerprint density at radius 1 is 1.03 bits per heavy atom. The van der Waals surface area contributed by atoms with Crippen LogP contribution in [-0.4, -0.2) is 28.0 Å². The second-order valence-electron chi connectivity index (χ2n) is 7.47. The van der Waals surface area contributed by atoms with Crippen molar-refractivity contribution >= 4 is 29.0 Å². The highest BCUT2D eigenvalue weighted by molar-refractivity contribution is 5.74. The van der Waals surface area contributed by atoms with Crippen LogP contribution in [0.25, 0.3) is 0 Å².